The third-order valence-electron chi connectivity index (χ3n) is 4.46. The lowest BCUT2D eigenvalue weighted by Gasteiger charge is -2.27. The number of H-pyrrole nitrogens is 1. The highest BCUT2D eigenvalue weighted by molar-refractivity contribution is 5.94. The van der Waals surface area contributed by atoms with E-state index in [4.69, 9.17) is 0 Å². The summed E-state index contributed by atoms with van der Waals surface area (Å²) in [5.41, 5.74) is 3.26. The zero-order chi connectivity index (χ0) is 14.2. The van der Waals surface area contributed by atoms with Crippen LogP contribution in [0.1, 0.15) is 30.7 Å². The summed E-state index contributed by atoms with van der Waals surface area (Å²) in [6.07, 6.45) is 3.80. The highest BCUT2D eigenvalue weighted by atomic mass is 16.1. The second kappa shape index (κ2) is 4.85. The van der Waals surface area contributed by atoms with Gasteiger partial charge in [0.25, 0.3) is 5.56 Å². The van der Waals surface area contributed by atoms with Gasteiger partial charge in [-0.25, -0.2) is 5.10 Å². The van der Waals surface area contributed by atoms with Gasteiger partial charge < -0.3 is 0 Å². The highest BCUT2D eigenvalue weighted by Gasteiger charge is 2.23. The maximum Gasteiger partial charge on any atom is 0.272 e. The van der Waals surface area contributed by atoms with Gasteiger partial charge in [0.05, 0.1) is 11.1 Å². The van der Waals surface area contributed by atoms with Crippen LogP contribution in [0.25, 0.3) is 22.0 Å². The second-order valence-electron chi connectivity index (χ2n) is 5.66. The van der Waals surface area contributed by atoms with Gasteiger partial charge in [-0.15, -0.1) is 0 Å². The van der Waals surface area contributed by atoms with E-state index in [9.17, 15) is 4.79 Å². The first-order valence-corrected chi connectivity index (χ1v) is 7.41. The summed E-state index contributed by atoms with van der Waals surface area (Å²) in [6.45, 7) is 0. The summed E-state index contributed by atoms with van der Waals surface area (Å²) in [4.78, 5) is 11.9. The maximum atomic E-state index is 11.9. The molecule has 0 radical (unpaired) electrons. The molecule has 3 heteroatoms. The summed E-state index contributed by atoms with van der Waals surface area (Å²) in [7, 11) is 0. The maximum absolute atomic E-state index is 11.9. The zero-order valence-electron chi connectivity index (χ0n) is 11.7. The van der Waals surface area contributed by atoms with Gasteiger partial charge in [-0.05, 0) is 30.4 Å². The van der Waals surface area contributed by atoms with Crippen LogP contribution in [0.5, 0.6) is 0 Å². The molecular formula is C18H16N2O. The average molecular weight is 276 g/mol. The quantitative estimate of drug-likeness (QED) is 0.772. The molecule has 1 aromatic heterocycles. The summed E-state index contributed by atoms with van der Waals surface area (Å²) in [6, 6.07) is 16.1. The molecule has 0 saturated heterocycles. The molecule has 1 fully saturated rings. The van der Waals surface area contributed by atoms with Crippen molar-refractivity contribution in [3.8, 4) is 11.3 Å². The molecule has 0 amide bonds. The van der Waals surface area contributed by atoms with Crippen molar-refractivity contribution in [2.45, 2.75) is 25.2 Å². The van der Waals surface area contributed by atoms with E-state index in [1.165, 1.54) is 24.8 Å². The van der Waals surface area contributed by atoms with Crippen LogP contribution < -0.4 is 5.56 Å². The first-order chi connectivity index (χ1) is 10.3. The molecular weight excluding hydrogens is 260 g/mol. The Morgan fingerprint density at radius 1 is 0.952 bits per heavy atom. The fourth-order valence-electron chi connectivity index (χ4n) is 3.11. The molecule has 2 aromatic carbocycles. The molecule has 21 heavy (non-hydrogen) atoms. The van der Waals surface area contributed by atoms with Crippen molar-refractivity contribution < 1.29 is 0 Å². The minimum atomic E-state index is -0.129. The van der Waals surface area contributed by atoms with Crippen molar-refractivity contribution in [2.75, 3.05) is 0 Å². The third-order valence-corrected chi connectivity index (χ3v) is 4.46. The molecule has 1 heterocycles. The fraction of sp³-hybridized carbons (Fsp3) is 0.222. The van der Waals surface area contributed by atoms with Crippen LogP contribution in [0, 0.1) is 0 Å². The predicted molar refractivity (Wildman–Crippen MR) is 84.4 cm³/mol. The molecule has 0 unspecified atom stereocenters. The number of hydrogen-bond donors (Lipinski definition) is 1. The van der Waals surface area contributed by atoms with Crippen molar-refractivity contribution in [1.82, 2.24) is 10.2 Å². The van der Waals surface area contributed by atoms with Crippen LogP contribution in [-0.4, -0.2) is 10.2 Å². The van der Waals surface area contributed by atoms with Crippen LogP contribution in [-0.2, 0) is 0 Å². The number of fused-ring (bicyclic) bond motifs is 1. The second-order valence-corrected chi connectivity index (χ2v) is 5.66. The van der Waals surface area contributed by atoms with Gasteiger partial charge >= 0.3 is 0 Å². The minimum absolute atomic E-state index is 0.129. The predicted octanol–water partition coefficient (Wildman–Crippen LogP) is 3.86. The lowest BCUT2D eigenvalue weighted by atomic mass is 9.77. The first-order valence-electron chi connectivity index (χ1n) is 7.41. The molecule has 0 spiro atoms. The van der Waals surface area contributed by atoms with Crippen LogP contribution in [0.4, 0.5) is 0 Å². The molecule has 3 nitrogen and oxygen atoms in total. The summed E-state index contributed by atoms with van der Waals surface area (Å²) in [5.74, 6) is 0.633. The fourth-order valence-corrected chi connectivity index (χ4v) is 3.11. The van der Waals surface area contributed by atoms with Crippen LogP contribution >= 0.6 is 0 Å². The van der Waals surface area contributed by atoms with Crippen molar-refractivity contribution >= 4 is 10.8 Å². The van der Waals surface area contributed by atoms with Gasteiger partial charge in [0.15, 0.2) is 0 Å². The van der Waals surface area contributed by atoms with Gasteiger partial charge in [0, 0.05) is 10.9 Å². The Morgan fingerprint density at radius 3 is 2.43 bits per heavy atom. The Kier molecular flexibility index (Phi) is 2.85. The van der Waals surface area contributed by atoms with E-state index < -0.39 is 0 Å². The summed E-state index contributed by atoms with van der Waals surface area (Å²) in [5, 5.41) is 8.60. The number of nitrogens with zero attached hydrogens (tertiary/aromatic N) is 1. The van der Waals surface area contributed by atoms with Crippen LogP contribution in [0.15, 0.2) is 53.3 Å². The molecule has 0 bridgehead atoms. The molecule has 1 saturated carbocycles. The lowest BCUT2D eigenvalue weighted by molar-refractivity contribution is 0.420. The van der Waals surface area contributed by atoms with Gasteiger partial charge in [0.1, 0.15) is 0 Å². The molecule has 1 N–H and O–H groups in total. The van der Waals surface area contributed by atoms with Gasteiger partial charge in [-0.3, -0.25) is 4.79 Å². The topological polar surface area (TPSA) is 45.8 Å². The molecule has 1 aliphatic carbocycles. The molecule has 4 rings (SSSR count). The van der Waals surface area contributed by atoms with Crippen LogP contribution in [0.2, 0.25) is 0 Å². The molecule has 1 aliphatic rings. The van der Waals surface area contributed by atoms with Crippen molar-refractivity contribution in [3.63, 3.8) is 0 Å². The van der Waals surface area contributed by atoms with Crippen LogP contribution in [0.3, 0.4) is 0 Å². The van der Waals surface area contributed by atoms with E-state index in [0.29, 0.717) is 11.3 Å². The number of rotatable bonds is 2. The molecule has 3 aromatic rings. The van der Waals surface area contributed by atoms with Gasteiger partial charge in [-0.2, -0.15) is 5.10 Å². The van der Waals surface area contributed by atoms with Crippen molar-refractivity contribution in [3.05, 3.63) is 64.4 Å². The SMILES string of the molecule is O=c1[nH]nc(-c2ccccc2C2CCC2)c2ccccc12. The molecule has 0 atom stereocenters. The van der Waals surface area contributed by atoms with E-state index >= 15 is 0 Å². The van der Waals surface area contributed by atoms with Crippen molar-refractivity contribution in [2.24, 2.45) is 0 Å². The van der Waals surface area contributed by atoms with E-state index in [2.05, 4.69) is 28.4 Å². The summed E-state index contributed by atoms with van der Waals surface area (Å²) >= 11 is 0. The standard InChI is InChI=1S/C18H16N2O/c21-18-16-11-4-3-10-15(16)17(19-20-18)14-9-2-1-8-13(14)12-6-5-7-12/h1-4,8-12H,5-7H2,(H,20,21). The monoisotopic (exact) mass is 276 g/mol. The smallest absolute Gasteiger partial charge is 0.267 e. The minimum Gasteiger partial charge on any atom is -0.267 e. The first kappa shape index (κ1) is 12.3. The number of nitrogens with one attached hydrogen (secondary N) is 1. The van der Waals surface area contributed by atoms with E-state index in [0.717, 1.165) is 16.6 Å². The van der Waals surface area contributed by atoms with E-state index in [-0.39, 0.29) is 5.56 Å². The summed E-state index contributed by atoms with van der Waals surface area (Å²) < 4.78 is 0. The highest BCUT2D eigenvalue weighted by Crippen LogP contribution is 2.41. The number of hydrogen-bond acceptors (Lipinski definition) is 2. The average Bonchev–Trinajstić information content (AvgIpc) is 2.47. The Balaban J connectivity index is 1.99. The van der Waals surface area contributed by atoms with Gasteiger partial charge in [0.2, 0.25) is 0 Å². The van der Waals surface area contributed by atoms with Crippen molar-refractivity contribution in [1.29, 1.82) is 0 Å². The Hall–Kier alpha value is -2.42. The largest absolute Gasteiger partial charge is 0.272 e. The Bertz CT molecular complexity index is 862. The Morgan fingerprint density at radius 2 is 1.67 bits per heavy atom. The van der Waals surface area contributed by atoms with E-state index in [1.54, 1.807) is 0 Å². The number of aromatic nitrogens is 2. The Labute approximate surface area is 122 Å². The number of benzene rings is 2. The molecule has 104 valence electrons. The normalized spacial score (nSPS) is 15.0. The molecule has 0 aliphatic heterocycles. The lowest BCUT2D eigenvalue weighted by Crippen LogP contribution is -2.12. The number of aromatic amines is 1. The van der Waals surface area contributed by atoms with Gasteiger partial charge in [-0.1, -0.05) is 48.9 Å². The third kappa shape index (κ3) is 1.97. The van der Waals surface area contributed by atoms with E-state index in [1.807, 2.05) is 30.3 Å². The zero-order valence-corrected chi connectivity index (χ0v) is 11.7.